The first-order valence-corrected chi connectivity index (χ1v) is 6.25. The van der Waals surface area contributed by atoms with E-state index >= 15 is 0 Å². The molecule has 112 valence electrons. The van der Waals surface area contributed by atoms with Gasteiger partial charge in [0.25, 0.3) is 0 Å². The Hall–Kier alpha value is -2.47. The van der Waals surface area contributed by atoms with Crippen LogP contribution in [0.1, 0.15) is 5.56 Å². The van der Waals surface area contributed by atoms with Gasteiger partial charge in [0.15, 0.2) is 11.5 Å². The van der Waals surface area contributed by atoms with Gasteiger partial charge in [0, 0.05) is 30.1 Å². The summed E-state index contributed by atoms with van der Waals surface area (Å²) in [5, 5.41) is 9.29. The molecular formula is C15H17NO5. The largest absolute Gasteiger partial charge is 0.493 e. The van der Waals surface area contributed by atoms with Gasteiger partial charge in [0.1, 0.15) is 11.5 Å². The molecule has 0 unspecified atom stereocenters. The second-order valence-corrected chi connectivity index (χ2v) is 4.10. The average Bonchev–Trinajstić information content (AvgIpc) is 2.54. The van der Waals surface area contributed by atoms with E-state index in [0.29, 0.717) is 34.3 Å². The van der Waals surface area contributed by atoms with E-state index < -0.39 is 0 Å². The van der Waals surface area contributed by atoms with Gasteiger partial charge in [-0.2, -0.15) is 0 Å². The minimum atomic E-state index is -0.159. The van der Waals surface area contributed by atoms with Gasteiger partial charge in [-0.3, -0.25) is 4.98 Å². The Morgan fingerprint density at radius 2 is 1.67 bits per heavy atom. The van der Waals surface area contributed by atoms with Crippen LogP contribution in [-0.2, 0) is 6.61 Å². The van der Waals surface area contributed by atoms with Crippen LogP contribution in [0.5, 0.6) is 28.7 Å². The minimum Gasteiger partial charge on any atom is -0.493 e. The molecule has 2 aromatic rings. The summed E-state index contributed by atoms with van der Waals surface area (Å²) in [4.78, 5) is 3.94. The van der Waals surface area contributed by atoms with Gasteiger partial charge in [-0.05, 0) is 6.07 Å². The van der Waals surface area contributed by atoms with E-state index in [9.17, 15) is 5.11 Å². The van der Waals surface area contributed by atoms with E-state index in [4.69, 9.17) is 18.9 Å². The van der Waals surface area contributed by atoms with E-state index in [-0.39, 0.29) is 6.61 Å². The molecular weight excluding hydrogens is 274 g/mol. The molecule has 1 aromatic heterocycles. The molecule has 0 atom stereocenters. The van der Waals surface area contributed by atoms with Crippen molar-refractivity contribution in [2.24, 2.45) is 0 Å². The van der Waals surface area contributed by atoms with Gasteiger partial charge < -0.3 is 24.1 Å². The van der Waals surface area contributed by atoms with Crippen molar-refractivity contribution in [3.8, 4) is 28.7 Å². The van der Waals surface area contributed by atoms with E-state index in [1.807, 2.05) is 0 Å². The van der Waals surface area contributed by atoms with E-state index in [0.717, 1.165) is 0 Å². The summed E-state index contributed by atoms with van der Waals surface area (Å²) in [6.45, 7) is -0.159. The van der Waals surface area contributed by atoms with Crippen molar-refractivity contribution in [2.75, 3.05) is 21.3 Å². The number of pyridine rings is 1. The highest BCUT2D eigenvalue weighted by atomic mass is 16.5. The third kappa shape index (κ3) is 3.17. The number of benzene rings is 1. The first kappa shape index (κ1) is 14.9. The first-order valence-electron chi connectivity index (χ1n) is 6.25. The summed E-state index contributed by atoms with van der Waals surface area (Å²) in [6.07, 6.45) is 3.14. The third-order valence-corrected chi connectivity index (χ3v) is 2.90. The lowest BCUT2D eigenvalue weighted by Gasteiger charge is -2.15. The number of aliphatic hydroxyl groups excluding tert-OH is 1. The maximum atomic E-state index is 9.29. The number of hydrogen-bond acceptors (Lipinski definition) is 6. The zero-order chi connectivity index (χ0) is 15.2. The molecule has 2 rings (SSSR count). The fraction of sp³-hybridized carbons (Fsp3) is 0.267. The zero-order valence-corrected chi connectivity index (χ0v) is 12.1. The Balaban J connectivity index is 2.40. The molecule has 0 aliphatic rings. The van der Waals surface area contributed by atoms with Crippen molar-refractivity contribution in [3.63, 3.8) is 0 Å². The molecule has 0 bridgehead atoms. The molecule has 0 amide bonds. The van der Waals surface area contributed by atoms with Crippen molar-refractivity contribution >= 4 is 0 Å². The highest BCUT2D eigenvalue weighted by Gasteiger charge is 2.15. The molecule has 1 aromatic carbocycles. The van der Waals surface area contributed by atoms with Crippen LogP contribution in [0.4, 0.5) is 0 Å². The predicted octanol–water partition coefficient (Wildman–Crippen LogP) is 2.39. The third-order valence-electron chi connectivity index (χ3n) is 2.90. The van der Waals surface area contributed by atoms with Gasteiger partial charge in [-0.1, -0.05) is 0 Å². The minimum absolute atomic E-state index is 0.159. The number of hydrogen-bond donors (Lipinski definition) is 1. The Morgan fingerprint density at radius 1 is 1.00 bits per heavy atom. The van der Waals surface area contributed by atoms with Gasteiger partial charge in [-0.25, -0.2) is 0 Å². The van der Waals surface area contributed by atoms with Crippen molar-refractivity contribution < 1.29 is 24.1 Å². The van der Waals surface area contributed by atoms with E-state index in [1.54, 1.807) is 30.6 Å². The average molecular weight is 291 g/mol. The van der Waals surface area contributed by atoms with Gasteiger partial charge in [-0.15, -0.1) is 0 Å². The quantitative estimate of drug-likeness (QED) is 0.881. The molecule has 6 heteroatoms. The lowest BCUT2D eigenvalue weighted by atomic mass is 10.2. The van der Waals surface area contributed by atoms with Crippen LogP contribution in [0.15, 0.2) is 30.6 Å². The summed E-state index contributed by atoms with van der Waals surface area (Å²) >= 11 is 0. The normalized spacial score (nSPS) is 10.1. The highest BCUT2D eigenvalue weighted by molar-refractivity contribution is 5.56. The first-order chi connectivity index (χ1) is 10.2. The van der Waals surface area contributed by atoms with Crippen LogP contribution in [-0.4, -0.2) is 31.4 Å². The summed E-state index contributed by atoms with van der Waals surface area (Å²) in [5.74, 6) is 2.49. The maximum absolute atomic E-state index is 9.29. The van der Waals surface area contributed by atoms with Gasteiger partial charge in [0.05, 0.1) is 27.9 Å². The van der Waals surface area contributed by atoms with Crippen LogP contribution in [0, 0.1) is 0 Å². The lowest BCUT2D eigenvalue weighted by Crippen LogP contribution is -1.97. The topological polar surface area (TPSA) is 70.0 Å². The molecule has 0 saturated carbocycles. The summed E-state index contributed by atoms with van der Waals surface area (Å²) in [6, 6.07) is 5.04. The molecule has 0 aliphatic heterocycles. The summed E-state index contributed by atoms with van der Waals surface area (Å²) in [7, 11) is 4.60. The molecule has 0 saturated heterocycles. The highest BCUT2D eigenvalue weighted by Crippen LogP contribution is 2.42. The number of rotatable bonds is 6. The standard InChI is InChI=1S/C15H17NO5/c1-18-13-6-11(7-14(19-2)15(13)20-3)21-12-4-5-16-8-10(12)9-17/h4-8,17H,9H2,1-3H3. The number of aromatic nitrogens is 1. The Kier molecular flexibility index (Phi) is 4.84. The smallest absolute Gasteiger partial charge is 0.203 e. The van der Waals surface area contributed by atoms with E-state index in [1.165, 1.54) is 21.3 Å². The fourth-order valence-electron chi connectivity index (χ4n) is 1.88. The van der Waals surface area contributed by atoms with Crippen LogP contribution in [0.3, 0.4) is 0 Å². The van der Waals surface area contributed by atoms with Crippen molar-refractivity contribution in [1.82, 2.24) is 4.98 Å². The summed E-state index contributed by atoms with van der Waals surface area (Å²) in [5.41, 5.74) is 0.589. The maximum Gasteiger partial charge on any atom is 0.203 e. The molecule has 0 aliphatic carbocycles. The van der Waals surface area contributed by atoms with Crippen molar-refractivity contribution in [1.29, 1.82) is 0 Å². The lowest BCUT2D eigenvalue weighted by molar-refractivity contribution is 0.275. The molecule has 1 heterocycles. The molecule has 6 nitrogen and oxygen atoms in total. The summed E-state index contributed by atoms with van der Waals surface area (Å²) < 4.78 is 21.6. The number of nitrogens with zero attached hydrogens (tertiary/aromatic N) is 1. The predicted molar refractivity (Wildman–Crippen MR) is 76.3 cm³/mol. The van der Waals surface area contributed by atoms with E-state index in [2.05, 4.69) is 4.98 Å². The molecule has 0 radical (unpaired) electrons. The number of methoxy groups -OCH3 is 3. The van der Waals surface area contributed by atoms with Crippen LogP contribution >= 0.6 is 0 Å². The molecule has 1 N–H and O–H groups in total. The second kappa shape index (κ2) is 6.81. The zero-order valence-electron chi connectivity index (χ0n) is 12.1. The molecule has 21 heavy (non-hydrogen) atoms. The van der Waals surface area contributed by atoms with Crippen LogP contribution in [0.25, 0.3) is 0 Å². The molecule has 0 spiro atoms. The van der Waals surface area contributed by atoms with Crippen LogP contribution < -0.4 is 18.9 Å². The Morgan fingerprint density at radius 3 is 2.19 bits per heavy atom. The van der Waals surface area contributed by atoms with Gasteiger partial charge in [0.2, 0.25) is 5.75 Å². The number of aliphatic hydroxyl groups is 1. The van der Waals surface area contributed by atoms with Crippen molar-refractivity contribution in [3.05, 3.63) is 36.2 Å². The number of ether oxygens (including phenoxy) is 4. The Labute approximate surface area is 122 Å². The SMILES string of the molecule is COc1cc(Oc2ccncc2CO)cc(OC)c1OC. The van der Waals surface area contributed by atoms with Crippen molar-refractivity contribution in [2.45, 2.75) is 6.61 Å². The Bertz CT molecular complexity index is 590. The van der Waals surface area contributed by atoms with Crippen LogP contribution in [0.2, 0.25) is 0 Å². The monoisotopic (exact) mass is 291 g/mol. The van der Waals surface area contributed by atoms with Gasteiger partial charge >= 0.3 is 0 Å². The molecule has 0 fully saturated rings. The second-order valence-electron chi connectivity index (χ2n) is 4.10. The fourth-order valence-corrected chi connectivity index (χ4v) is 1.88.